The average Bonchev–Trinajstić information content (AvgIpc) is 3.44. The lowest BCUT2D eigenvalue weighted by atomic mass is 9.99. The Hall–Kier alpha value is -2.78. The summed E-state index contributed by atoms with van der Waals surface area (Å²) >= 11 is 0. The van der Waals surface area contributed by atoms with Crippen LogP contribution in [0.5, 0.6) is 5.75 Å². The molecule has 2 aromatic rings. The van der Waals surface area contributed by atoms with Crippen LogP contribution in [0.1, 0.15) is 47.3 Å². The van der Waals surface area contributed by atoms with Crippen LogP contribution in [0.4, 0.5) is 26.3 Å². The number of benzene rings is 1. The van der Waals surface area contributed by atoms with E-state index in [-0.39, 0.29) is 29.5 Å². The summed E-state index contributed by atoms with van der Waals surface area (Å²) in [5.41, 5.74) is -1.75. The number of rotatable bonds is 5. The molecule has 3 rings (SSSR count). The van der Waals surface area contributed by atoms with Gasteiger partial charge in [0.05, 0.1) is 29.1 Å². The van der Waals surface area contributed by atoms with Crippen LogP contribution in [-0.2, 0) is 10.9 Å². The minimum atomic E-state index is -4.89. The summed E-state index contributed by atoms with van der Waals surface area (Å²) in [5, 5.41) is 0. The third kappa shape index (κ3) is 4.99. The van der Waals surface area contributed by atoms with E-state index >= 15 is 0 Å². The number of carbonyl (C=O) groups is 1. The van der Waals surface area contributed by atoms with Crippen LogP contribution < -0.4 is 4.74 Å². The molecule has 1 fully saturated rings. The molecule has 29 heavy (non-hydrogen) atoms. The second-order valence-electron chi connectivity index (χ2n) is 6.38. The molecule has 0 spiro atoms. The van der Waals surface area contributed by atoms with Gasteiger partial charge in [0.2, 0.25) is 0 Å². The molecule has 1 aliphatic rings. The van der Waals surface area contributed by atoms with Gasteiger partial charge in [-0.25, -0.2) is 4.79 Å². The van der Waals surface area contributed by atoms with Crippen molar-refractivity contribution in [3.8, 4) is 17.0 Å². The first-order valence-corrected chi connectivity index (χ1v) is 8.65. The second-order valence-corrected chi connectivity index (χ2v) is 6.38. The van der Waals surface area contributed by atoms with Crippen molar-refractivity contribution in [2.24, 2.45) is 0 Å². The molecule has 0 atom stereocenters. The van der Waals surface area contributed by atoms with E-state index in [1.807, 2.05) is 0 Å². The Labute approximate surface area is 161 Å². The first-order valence-electron chi connectivity index (χ1n) is 8.65. The molecule has 4 nitrogen and oxygen atoms in total. The second kappa shape index (κ2) is 7.57. The zero-order chi connectivity index (χ0) is 21.4. The van der Waals surface area contributed by atoms with Crippen LogP contribution in [-0.4, -0.2) is 23.9 Å². The van der Waals surface area contributed by atoms with E-state index in [0.717, 1.165) is 12.1 Å². The Morgan fingerprint density at radius 3 is 2.21 bits per heavy atom. The molecular formula is C19H15F6NO3. The number of hydrogen-bond donors (Lipinski definition) is 0. The molecular weight excluding hydrogens is 404 g/mol. The van der Waals surface area contributed by atoms with Crippen LogP contribution in [0.15, 0.2) is 30.3 Å². The predicted octanol–water partition coefficient (Wildman–Crippen LogP) is 5.72. The molecule has 0 amide bonds. The highest BCUT2D eigenvalue weighted by Gasteiger charge is 2.41. The average molecular weight is 419 g/mol. The summed E-state index contributed by atoms with van der Waals surface area (Å²) in [6.07, 6.45) is -8.57. The van der Waals surface area contributed by atoms with Gasteiger partial charge in [-0.1, -0.05) is 0 Å². The number of nitrogens with zero attached hydrogens (tertiary/aromatic N) is 1. The molecule has 1 aromatic carbocycles. The molecule has 0 radical (unpaired) electrons. The Morgan fingerprint density at radius 1 is 1.10 bits per heavy atom. The van der Waals surface area contributed by atoms with Crippen LogP contribution in [0.3, 0.4) is 0 Å². The standard InChI is InChI=1S/C19H15F6NO3/c1-2-28-17(27)15-13(18(20,21)22)9-14(26-16(15)11-3-4-11)10-5-7-12(8-6-10)29-19(23,24)25/h5-9,11H,2-4H2,1H3. The maximum Gasteiger partial charge on any atom is 0.573 e. The van der Waals surface area contributed by atoms with Gasteiger partial charge in [-0.3, -0.25) is 4.98 Å². The summed E-state index contributed by atoms with van der Waals surface area (Å²) in [4.78, 5) is 16.4. The first-order chi connectivity index (χ1) is 13.5. The minimum absolute atomic E-state index is 0.0103. The predicted molar refractivity (Wildman–Crippen MR) is 89.3 cm³/mol. The zero-order valence-corrected chi connectivity index (χ0v) is 15.0. The molecule has 0 bridgehead atoms. The molecule has 156 valence electrons. The van der Waals surface area contributed by atoms with Gasteiger partial charge >= 0.3 is 18.5 Å². The normalized spacial score (nSPS) is 14.6. The third-order valence-corrected chi connectivity index (χ3v) is 4.18. The van der Waals surface area contributed by atoms with Crippen molar-refractivity contribution < 1.29 is 40.6 Å². The van der Waals surface area contributed by atoms with Crippen molar-refractivity contribution in [2.45, 2.75) is 38.2 Å². The van der Waals surface area contributed by atoms with Gasteiger partial charge in [0, 0.05) is 11.5 Å². The molecule has 0 unspecified atom stereocenters. The molecule has 0 aliphatic heterocycles. The van der Waals surface area contributed by atoms with Gasteiger partial charge in [0.15, 0.2) is 0 Å². The van der Waals surface area contributed by atoms with E-state index in [1.54, 1.807) is 0 Å². The molecule has 0 N–H and O–H groups in total. The van der Waals surface area contributed by atoms with Gasteiger partial charge in [0.1, 0.15) is 5.75 Å². The monoisotopic (exact) mass is 419 g/mol. The van der Waals surface area contributed by atoms with E-state index < -0.39 is 35.4 Å². The summed E-state index contributed by atoms with van der Waals surface area (Å²) in [5.74, 6) is -1.92. The zero-order valence-electron chi connectivity index (χ0n) is 15.0. The van der Waals surface area contributed by atoms with E-state index in [9.17, 15) is 31.1 Å². The summed E-state index contributed by atoms with van der Waals surface area (Å²) in [6.45, 7) is 1.39. The number of alkyl halides is 6. The topological polar surface area (TPSA) is 48.4 Å². The van der Waals surface area contributed by atoms with Crippen LogP contribution in [0.2, 0.25) is 0 Å². The molecule has 1 heterocycles. The fraction of sp³-hybridized carbons (Fsp3) is 0.368. The van der Waals surface area contributed by atoms with Crippen molar-refractivity contribution in [1.82, 2.24) is 4.98 Å². The SMILES string of the molecule is CCOC(=O)c1c(C(F)(F)F)cc(-c2ccc(OC(F)(F)F)cc2)nc1C1CC1. The highest BCUT2D eigenvalue weighted by Crippen LogP contribution is 2.45. The Kier molecular flexibility index (Phi) is 5.46. The lowest BCUT2D eigenvalue weighted by Gasteiger charge is -2.17. The largest absolute Gasteiger partial charge is 0.573 e. The maximum absolute atomic E-state index is 13.7. The minimum Gasteiger partial charge on any atom is -0.462 e. The van der Waals surface area contributed by atoms with Crippen molar-refractivity contribution in [3.05, 3.63) is 47.2 Å². The number of carbonyl (C=O) groups excluding carboxylic acids is 1. The Balaban J connectivity index is 2.09. The molecule has 1 saturated carbocycles. The Bertz CT molecular complexity index is 902. The number of halogens is 6. The van der Waals surface area contributed by atoms with Gasteiger partial charge in [0.25, 0.3) is 0 Å². The molecule has 10 heteroatoms. The van der Waals surface area contributed by atoms with Gasteiger partial charge in [-0.15, -0.1) is 13.2 Å². The van der Waals surface area contributed by atoms with Crippen LogP contribution >= 0.6 is 0 Å². The quantitative estimate of drug-likeness (QED) is 0.460. The van der Waals surface area contributed by atoms with E-state index in [4.69, 9.17) is 4.74 Å². The number of aromatic nitrogens is 1. The summed E-state index contributed by atoms with van der Waals surface area (Å²) in [6, 6.07) is 5.01. The molecule has 1 aromatic heterocycles. The first kappa shape index (κ1) is 20.9. The van der Waals surface area contributed by atoms with Crippen molar-refractivity contribution >= 4 is 5.97 Å². The van der Waals surface area contributed by atoms with Crippen molar-refractivity contribution in [2.75, 3.05) is 6.61 Å². The Morgan fingerprint density at radius 2 is 1.72 bits per heavy atom. The number of pyridine rings is 1. The number of esters is 1. The summed E-state index contributed by atoms with van der Waals surface area (Å²) < 4.78 is 86.4. The smallest absolute Gasteiger partial charge is 0.462 e. The number of hydrogen-bond acceptors (Lipinski definition) is 4. The fourth-order valence-electron chi connectivity index (χ4n) is 2.83. The maximum atomic E-state index is 13.7. The van der Waals surface area contributed by atoms with Gasteiger partial charge in [-0.2, -0.15) is 13.2 Å². The summed E-state index contributed by atoms with van der Waals surface area (Å²) in [7, 11) is 0. The highest BCUT2D eigenvalue weighted by atomic mass is 19.4. The molecule has 1 aliphatic carbocycles. The van der Waals surface area contributed by atoms with Gasteiger partial charge in [-0.05, 0) is 50.1 Å². The van der Waals surface area contributed by atoms with Crippen molar-refractivity contribution in [3.63, 3.8) is 0 Å². The van der Waals surface area contributed by atoms with Crippen LogP contribution in [0, 0.1) is 0 Å². The van der Waals surface area contributed by atoms with E-state index in [2.05, 4.69) is 9.72 Å². The lowest BCUT2D eigenvalue weighted by molar-refractivity contribution is -0.274. The third-order valence-electron chi connectivity index (χ3n) is 4.18. The molecule has 0 saturated heterocycles. The van der Waals surface area contributed by atoms with Gasteiger partial charge < -0.3 is 9.47 Å². The van der Waals surface area contributed by atoms with E-state index in [0.29, 0.717) is 18.9 Å². The number of ether oxygens (including phenoxy) is 2. The highest BCUT2D eigenvalue weighted by molar-refractivity contribution is 5.93. The van der Waals surface area contributed by atoms with Crippen molar-refractivity contribution in [1.29, 1.82) is 0 Å². The fourth-order valence-corrected chi connectivity index (χ4v) is 2.83. The lowest BCUT2D eigenvalue weighted by Crippen LogP contribution is -2.19. The van der Waals surface area contributed by atoms with Crippen LogP contribution in [0.25, 0.3) is 11.3 Å². The van der Waals surface area contributed by atoms with E-state index in [1.165, 1.54) is 19.1 Å².